The maximum absolute atomic E-state index is 11.9. The molecule has 2 saturated heterocycles. The highest BCUT2D eigenvalue weighted by Crippen LogP contribution is 2.27. The lowest BCUT2D eigenvalue weighted by atomic mass is 10.0. The fourth-order valence-electron chi connectivity index (χ4n) is 3.89. The summed E-state index contributed by atoms with van der Waals surface area (Å²) >= 11 is 0. The molecule has 2 aliphatic rings. The van der Waals surface area contributed by atoms with Crippen molar-refractivity contribution in [1.82, 2.24) is 20.5 Å². The number of hydrogen-bond acceptors (Lipinski definition) is 7. The Morgan fingerprint density at radius 1 is 1.29 bits per heavy atom. The molecular weight excluding hydrogens is 362 g/mol. The molecule has 0 bridgehead atoms. The van der Waals surface area contributed by atoms with Crippen molar-refractivity contribution in [3.63, 3.8) is 0 Å². The number of rotatable bonds is 6. The van der Waals surface area contributed by atoms with E-state index in [4.69, 9.17) is 4.74 Å². The summed E-state index contributed by atoms with van der Waals surface area (Å²) < 4.78 is 5.85. The molecule has 1 aromatic rings. The van der Waals surface area contributed by atoms with Crippen molar-refractivity contribution in [3.05, 3.63) is 24.4 Å². The second-order valence-electron chi connectivity index (χ2n) is 7.60. The molecule has 28 heavy (non-hydrogen) atoms. The van der Waals surface area contributed by atoms with Gasteiger partial charge in [0.05, 0.1) is 18.8 Å². The lowest BCUT2D eigenvalue weighted by Gasteiger charge is -2.40. The Balaban J connectivity index is 1.60. The van der Waals surface area contributed by atoms with E-state index in [1.165, 1.54) is 0 Å². The van der Waals surface area contributed by atoms with E-state index in [-0.39, 0.29) is 37.4 Å². The number of anilines is 1. The van der Waals surface area contributed by atoms with E-state index >= 15 is 0 Å². The number of nitrogens with zero attached hydrogens (tertiary/aromatic N) is 3. The number of pyridine rings is 1. The average Bonchev–Trinajstić information content (AvgIpc) is 3.02. The highest BCUT2D eigenvalue weighted by molar-refractivity contribution is 5.74. The van der Waals surface area contributed by atoms with Crippen LogP contribution in [0.1, 0.15) is 13.8 Å². The number of hydrogen-bond donors (Lipinski definition) is 4. The standard InChI is InChI=1S/C19H31N5O4/c1-13(2)22-19(27)21-11-14-17(18(26)15(12-25)28-14)24-9-7-23(8-10-24)16-5-3-4-6-20-16/h3-6,13-15,17-18,25-26H,7-12H2,1-2H3,(H2,21,22,27)/t14-,15+,17+,18-/m1/s1. The molecule has 9 nitrogen and oxygen atoms in total. The average molecular weight is 393 g/mol. The fourth-order valence-corrected chi connectivity index (χ4v) is 3.89. The van der Waals surface area contributed by atoms with E-state index in [0.29, 0.717) is 0 Å². The third-order valence-corrected chi connectivity index (χ3v) is 5.23. The van der Waals surface area contributed by atoms with Crippen molar-refractivity contribution in [2.24, 2.45) is 0 Å². The Hall–Kier alpha value is -1.94. The van der Waals surface area contributed by atoms with Gasteiger partial charge in [-0.2, -0.15) is 0 Å². The number of aliphatic hydroxyl groups is 2. The van der Waals surface area contributed by atoms with Crippen LogP contribution in [-0.4, -0.2) is 95.9 Å². The minimum absolute atomic E-state index is 0.0377. The number of aromatic nitrogens is 1. The Labute approximate surface area is 165 Å². The van der Waals surface area contributed by atoms with Gasteiger partial charge in [0.15, 0.2) is 0 Å². The first kappa shape index (κ1) is 20.8. The van der Waals surface area contributed by atoms with Gasteiger partial charge in [-0.3, -0.25) is 4.90 Å². The Morgan fingerprint density at radius 2 is 2.04 bits per heavy atom. The zero-order valence-corrected chi connectivity index (χ0v) is 16.5. The van der Waals surface area contributed by atoms with Crippen molar-refractivity contribution in [2.75, 3.05) is 44.2 Å². The van der Waals surface area contributed by atoms with E-state index in [1.807, 2.05) is 32.0 Å². The van der Waals surface area contributed by atoms with Crippen LogP contribution in [0.25, 0.3) is 0 Å². The molecule has 4 atom stereocenters. The van der Waals surface area contributed by atoms with Crippen molar-refractivity contribution in [3.8, 4) is 0 Å². The minimum atomic E-state index is -0.800. The normalized spacial score (nSPS) is 28.5. The molecule has 0 radical (unpaired) electrons. The molecule has 2 fully saturated rings. The Morgan fingerprint density at radius 3 is 2.64 bits per heavy atom. The highest BCUT2D eigenvalue weighted by atomic mass is 16.5. The minimum Gasteiger partial charge on any atom is -0.394 e. The van der Waals surface area contributed by atoms with Crippen molar-refractivity contribution in [1.29, 1.82) is 0 Å². The van der Waals surface area contributed by atoms with Crippen LogP contribution in [0.2, 0.25) is 0 Å². The summed E-state index contributed by atoms with van der Waals surface area (Å²) in [4.78, 5) is 20.7. The molecule has 9 heteroatoms. The van der Waals surface area contributed by atoms with Gasteiger partial charge < -0.3 is 30.5 Å². The first-order valence-corrected chi connectivity index (χ1v) is 9.88. The second-order valence-corrected chi connectivity index (χ2v) is 7.60. The SMILES string of the molecule is CC(C)NC(=O)NC[C@H]1O[C@@H](CO)[C@@H](O)[C@H]1N1CCN(c2ccccn2)CC1. The van der Waals surface area contributed by atoms with Crippen LogP contribution in [0.4, 0.5) is 10.6 Å². The van der Waals surface area contributed by atoms with Crippen molar-refractivity contribution in [2.45, 2.75) is 44.2 Å². The van der Waals surface area contributed by atoms with Crippen molar-refractivity contribution < 1.29 is 19.7 Å². The molecule has 156 valence electrons. The predicted octanol–water partition coefficient (Wildman–Crippen LogP) is -0.600. The van der Waals surface area contributed by atoms with E-state index < -0.39 is 12.2 Å². The van der Waals surface area contributed by atoms with Crippen LogP contribution in [0.5, 0.6) is 0 Å². The van der Waals surface area contributed by atoms with Crippen LogP contribution in [0.15, 0.2) is 24.4 Å². The monoisotopic (exact) mass is 393 g/mol. The van der Waals surface area contributed by atoms with E-state index in [9.17, 15) is 15.0 Å². The number of nitrogens with one attached hydrogen (secondary N) is 2. The van der Waals surface area contributed by atoms with Gasteiger partial charge in [0.25, 0.3) is 0 Å². The summed E-state index contributed by atoms with van der Waals surface area (Å²) in [5.74, 6) is 0.946. The molecule has 3 rings (SSSR count). The van der Waals surface area contributed by atoms with Gasteiger partial charge in [0.2, 0.25) is 0 Å². The molecule has 0 aromatic carbocycles. The number of carbonyl (C=O) groups is 1. The first-order chi connectivity index (χ1) is 13.5. The third-order valence-electron chi connectivity index (χ3n) is 5.23. The number of urea groups is 1. The summed E-state index contributed by atoms with van der Waals surface area (Å²) in [7, 11) is 0. The molecule has 2 amide bonds. The molecule has 0 aliphatic carbocycles. The van der Waals surface area contributed by atoms with Crippen LogP contribution in [0.3, 0.4) is 0 Å². The van der Waals surface area contributed by atoms with Crippen LogP contribution >= 0.6 is 0 Å². The van der Waals surface area contributed by atoms with E-state index in [0.717, 1.165) is 32.0 Å². The lowest BCUT2D eigenvalue weighted by molar-refractivity contribution is -0.0206. The van der Waals surface area contributed by atoms with Gasteiger partial charge in [-0.15, -0.1) is 0 Å². The Kier molecular flexibility index (Phi) is 7.06. The molecule has 1 aromatic heterocycles. The van der Waals surface area contributed by atoms with Crippen LogP contribution in [0, 0.1) is 0 Å². The summed E-state index contributed by atoms with van der Waals surface area (Å²) in [6, 6.07) is 5.36. The maximum atomic E-state index is 11.9. The molecule has 0 spiro atoms. The smallest absolute Gasteiger partial charge is 0.315 e. The molecule has 0 unspecified atom stereocenters. The molecule has 0 saturated carbocycles. The molecular formula is C19H31N5O4. The number of carbonyl (C=O) groups excluding carboxylic acids is 1. The van der Waals surface area contributed by atoms with Gasteiger partial charge in [-0.25, -0.2) is 9.78 Å². The van der Waals surface area contributed by atoms with Gasteiger partial charge >= 0.3 is 6.03 Å². The van der Waals surface area contributed by atoms with E-state index in [2.05, 4.69) is 25.4 Å². The maximum Gasteiger partial charge on any atom is 0.315 e. The van der Waals surface area contributed by atoms with Gasteiger partial charge in [0.1, 0.15) is 18.0 Å². The quantitative estimate of drug-likeness (QED) is 0.511. The number of aliphatic hydroxyl groups excluding tert-OH is 2. The number of amides is 2. The second kappa shape index (κ2) is 9.51. The Bertz CT molecular complexity index is 624. The van der Waals surface area contributed by atoms with E-state index in [1.54, 1.807) is 6.20 Å². The van der Waals surface area contributed by atoms with Crippen LogP contribution < -0.4 is 15.5 Å². The first-order valence-electron chi connectivity index (χ1n) is 9.88. The zero-order chi connectivity index (χ0) is 20.1. The van der Waals surface area contributed by atoms with Crippen molar-refractivity contribution >= 4 is 11.8 Å². The van der Waals surface area contributed by atoms with Gasteiger partial charge in [-0.05, 0) is 26.0 Å². The highest BCUT2D eigenvalue weighted by Gasteiger charge is 2.46. The predicted molar refractivity (Wildman–Crippen MR) is 105 cm³/mol. The number of ether oxygens (including phenoxy) is 1. The van der Waals surface area contributed by atoms with Gasteiger partial charge in [0, 0.05) is 45.0 Å². The molecule has 3 heterocycles. The third kappa shape index (κ3) is 4.91. The molecule has 2 aliphatic heterocycles. The van der Waals surface area contributed by atoms with Crippen LogP contribution in [-0.2, 0) is 4.74 Å². The number of piperazine rings is 1. The summed E-state index contributed by atoms with van der Waals surface area (Å²) in [5.41, 5.74) is 0. The summed E-state index contributed by atoms with van der Waals surface area (Å²) in [6.45, 7) is 6.87. The zero-order valence-electron chi connectivity index (χ0n) is 16.5. The topological polar surface area (TPSA) is 110 Å². The molecule has 4 N–H and O–H groups in total. The van der Waals surface area contributed by atoms with Gasteiger partial charge in [-0.1, -0.05) is 6.07 Å². The largest absolute Gasteiger partial charge is 0.394 e. The summed E-state index contributed by atoms with van der Waals surface area (Å²) in [5, 5.41) is 25.8. The lowest BCUT2D eigenvalue weighted by Crippen LogP contribution is -2.58. The summed E-state index contributed by atoms with van der Waals surface area (Å²) in [6.07, 6.45) is -0.0388. The fraction of sp³-hybridized carbons (Fsp3) is 0.684.